The summed E-state index contributed by atoms with van der Waals surface area (Å²) < 4.78 is 0. The number of nitrogens with zero attached hydrogens (tertiary/aromatic N) is 4. The van der Waals surface area contributed by atoms with Crippen molar-refractivity contribution in [3.63, 3.8) is 0 Å². The minimum atomic E-state index is -0.00218. The molecule has 5 aliphatic rings. The third kappa shape index (κ3) is 5.55. The molecule has 1 saturated heterocycles. The molecule has 0 radical (unpaired) electrons. The van der Waals surface area contributed by atoms with E-state index in [9.17, 15) is 9.59 Å². The number of ketones is 2. The SMILES string of the molecule is C=CCNc1cc(N2CCN(CC(=O)[C@H]3[C@H](C)C[C@H]4[C@@H]5CCC6=CC(=O)C=C[C@]6(C)[C@H]5CC[C@@]43C)CC2)nc(NCC=C)n1. The molecule has 8 heteroatoms. The molecule has 0 amide bonds. The van der Waals surface area contributed by atoms with E-state index in [0.29, 0.717) is 55.0 Å². The zero-order valence-corrected chi connectivity index (χ0v) is 26.9. The fourth-order valence-corrected chi connectivity index (χ4v) is 9.81. The predicted molar refractivity (Wildman–Crippen MR) is 178 cm³/mol. The van der Waals surface area contributed by atoms with E-state index in [1.807, 2.05) is 18.2 Å². The van der Waals surface area contributed by atoms with Gasteiger partial charge in [-0.05, 0) is 73.3 Å². The molecule has 2 heterocycles. The molecule has 0 spiro atoms. The highest BCUT2D eigenvalue weighted by Gasteiger charge is 2.61. The van der Waals surface area contributed by atoms with Gasteiger partial charge in [-0.25, -0.2) is 0 Å². The molecule has 44 heavy (non-hydrogen) atoms. The van der Waals surface area contributed by atoms with Gasteiger partial charge in [0.1, 0.15) is 11.6 Å². The molecule has 8 nitrogen and oxygen atoms in total. The molecule has 4 fully saturated rings. The van der Waals surface area contributed by atoms with Crippen molar-refractivity contribution in [2.24, 2.45) is 40.4 Å². The number of hydrogen-bond donors (Lipinski definition) is 2. The number of carbonyl (C=O) groups is 2. The standard InChI is InChI=1S/C36H50N6O2/c1-6-14-37-31-22-32(40-34(39-31)38-15-7-2)42-18-16-41(17-19-42)23-30(44)33-24(3)20-29-27-9-8-25-21-26(43)10-12-35(25,4)28(27)11-13-36(29,33)5/h6-7,10,12,21-22,24,27-29,33H,1-2,8-9,11,13-20,23H2,3-5H3,(H2,37,38,39,40)/t24-,27-,28+,29+,33-,35+,36+/m1/s1. The summed E-state index contributed by atoms with van der Waals surface area (Å²) in [6, 6.07) is 1.99. The molecule has 7 atom stereocenters. The van der Waals surface area contributed by atoms with Crippen molar-refractivity contribution in [3.8, 4) is 0 Å². The van der Waals surface area contributed by atoms with Crippen LogP contribution in [0.3, 0.4) is 0 Å². The maximum Gasteiger partial charge on any atom is 0.226 e. The van der Waals surface area contributed by atoms with E-state index >= 15 is 0 Å². The minimum Gasteiger partial charge on any atom is -0.366 e. The van der Waals surface area contributed by atoms with Crippen molar-refractivity contribution in [3.05, 3.63) is 55.2 Å². The van der Waals surface area contributed by atoms with Crippen molar-refractivity contribution in [1.29, 1.82) is 0 Å². The van der Waals surface area contributed by atoms with Gasteiger partial charge in [0.25, 0.3) is 0 Å². The number of carbonyl (C=O) groups excluding carboxylic acids is 2. The Hall–Kier alpha value is -3.26. The van der Waals surface area contributed by atoms with Gasteiger partial charge in [-0.3, -0.25) is 14.5 Å². The number of hydrogen-bond acceptors (Lipinski definition) is 8. The van der Waals surface area contributed by atoms with Crippen LogP contribution in [0, 0.1) is 40.4 Å². The van der Waals surface area contributed by atoms with Gasteiger partial charge in [-0.2, -0.15) is 9.97 Å². The molecule has 6 rings (SSSR count). The molecule has 0 bridgehead atoms. The van der Waals surface area contributed by atoms with Gasteiger partial charge in [0, 0.05) is 56.7 Å². The first-order chi connectivity index (χ1) is 21.2. The van der Waals surface area contributed by atoms with Crippen LogP contribution < -0.4 is 15.5 Å². The van der Waals surface area contributed by atoms with Gasteiger partial charge in [0.15, 0.2) is 11.6 Å². The summed E-state index contributed by atoms with van der Waals surface area (Å²) in [5, 5.41) is 6.50. The highest BCUT2D eigenvalue weighted by Crippen LogP contribution is 2.67. The van der Waals surface area contributed by atoms with Crippen molar-refractivity contribution < 1.29 is 9.59 Å². The van der Waals surface area contributed by atoms with Gasteiger partial charge < -0.3 is 15.5 Å². The minimum absolute atomic E-state index is 0.00218. The molecule has 1 aliphatic heterocycles. The summed E-state index contributed by atoms with van der Waals surface area (Å²) in [6.45, 7) is 19.8. The highest BCUT2D eigenvalue weighted by atomic mass is 16.1. The molecule has 3 saturated carbocycles. The Balaban J connectivity index is 1.10. The van der Waals surface area contributed by atoms with Crippen LogP contribution in [-0.4, -0.2) is 72.2 Å². The number of nitrogens with one attached hydrogen (secondary N) is 2. The number of allylic oxidation sites excluding steroid dienone is 4. The number of fused-ring (bicyclic) bond motifs is 5. The fraction of sp³-hybridized carbons (Fsp3) is 0.611. The average molecular weight is 599 g/mol. The number of aromatic nitrogens is 2. The van der Waals surface area contributed by atoms with Crippen molar-refractivity contribution in [1.82, 2.24) is 14.9 Å². The fourth-order valence-electron chi connectivity index (χ4n) is 9.81. The van der Waals surface area contributed by atoms with Crippen LogP contribution in [0.2, 0.25) is 0 Å². The van der Waals surface area contributed by atoms with Crippen molar-refractivity contribution >= 4 is 29.2 Å². The lowest BCUT2D eigenvalue weighted by Crippen LogP contribution is -2.52. The van der Waals surface area contributed by atoms with Gasteiger partial charge in [-0.15, -0.1) is 13.2 Å². The monoisotopic (exact) mass is 598 g/mol. The van der Waals surface area contributed by atoms with Gasteiger partial charge in [-0.1, -0.05) is 44.6 Å². The zero-order chi connectivity index (χ0) is 31.1. The maximum atomic E-state index is 14.1. The van der Waals surface area contributed by atoms with E-state index < -0.39 is 0 Å². The Bertz CT molecular complexity index is 1330. The topological polar surface area (TPSA) is 90.5 Å². The summed E-state index contributed by atoms with van der Waals surface area (Å²) >= 11 is 0. The predicted octanol–water partition coefficient (Wildman–Crippen LogP) is 5.53. The van der Waals surface area contributed by atoms with E-state index in [1.165, 1.54) is 5.57 Å². The van der Waals surface area contributed by atoms with Crippen LogP contribution in [0.1, 0.15) is 52.9 Å². The van der Waals surface area contributed by atoms with E-state index in [-0.39, 0.29) is 22.5 Å². The molecule has 0 aromatic carbocycles. The lowest BCUT2D eigenvalue weighted by atomic mass is 9.47. The van der Waals surface area contributed by atoms with E-state index in [0.717, 1.165) is 69.9 Å². The summed E-state index contributed by atoms with van der Waals surface area (Å²) in [6.07, 6.45) is 15.1. The summed E-state index contributed by atoms with van der Waals surface area (Å²) in [7, 11) is 0. The van der Waals surface area contributed by atoms with Gasteiger partial charge in [0.2, 0.25) is 5.95 Å². The lowest BCUT2D eigenvalue weighted by Gasteiger charge is -2.57. The van der Waals surface area contributed by atoms with Gasteiger partial charge >= 0.3 is 0 Å². The quantitative estimate of drug-likeness (QED) is 0.340. The first-order valence-electron chi connectivity index (χ1n) is 16.7. The van der Waals surface area contributed by atoms with Crippen LogP contribution in [0.4, 0.5) is 17.6 Å². The normalized spacial score (nSPS) is 34.8. The molecule has 1 aromatic heterocycles. The van der Waals surface area contributed by atoms with Crippen LogP contribution >= 0.6 is 0 Å². The Labute approximate surface area is 263 Å². The average Bonchev–Trinajstić information content (AvgIpc) is 3.29. The second-order valence-corrected chi connectivity index (χ2v) is 14.3. The molecular weight excluding hydrogens is 548 g/mol. The Morgan fingerprint density at radius 1 is 1.07 bits per heavy atom. The number of rotatable bonds is 10. The molecule has 0 unspecified atom stereocenters. The smallest absolute Gasteiger partial charge is 0.226 e. The molecule has 236 valence electrons. The number of Topliss-reactive ketones (excluding diaryl/α,β-unsaturated/α-hetero) is 1. The number of piperazine rings is 1. The van der Waals surface area contributed by atoms with E-state index in [2.05, 4.69) is 65.4 Å². The van der Waals surface area contributed by atoms with Crippen LogP contribution in [0.25, 0.3) is 0 Å². The second kappa shape index (κ2) is 12.3. The molecule has 4 aliphatic carbocycles. The van der Waals surface area contributed by atoms with Crippen LogP contribution in [-0.2, 0) is 9.59 Å². The van der Waals surface area contributed by atoms with Crippen LogP contribution in [0.5, 0.6) is 0 Å². The second-order valence-electron chi connectivity index (χ2n) is 14.3. The third-order valence-electron chi connectivity index (χ3n) is 11.9. The third-order valence-corrected chi connectivity index (χ3v) is 11.9. The first kappa shape index (κ1) is 30.8. The molecule has 1 aromatic rings. The Morgan fingerprint density at radius 2 is 1.82 bits per heavy atom. The maximum absolute atomic E-state index is 14.1. The van der Waals surface area contributed by atoms with E-state index in [4.69, 9.17) is 4.98 Å². The zero-order valence-electron chi connectivity index (χ0n) is 26.9. The molecule has 2 N–H and O–H groups in total. The Kier molecular flexibility index (Phi) is 8.57. The first-order valence-corrected chi connectivity index (χ1v) is 16.7. The summed E-state index contributed by atoms with van der Waals surface area (Å²) in [5.41, 5.74) is 1.40. The summed E-state index contributed by atoms with van der Waals surface area (Å²) in [5.74, 6) is 5.12. The van der Waals surface area contributed by atoms with Crippen LogP contribution in [0.15, 0.2) is 55.2 Å². The number of anilines is 3. The Morgan fingerprint density at radius 3 is 2.57 bits per heavy atom. The largest absolute Gasteiger partial charge is 0.366 e. The van der Waals surface area contributed by atoms with E-state index in [1.54, 1.807) is 12.2 Å². The van der Waals surface area contributed by atoms with Crippen molar-refractivity contribution in [2.45, 2.75) is 52.9 Å². The lowest BCUT2D eigenvalue weighted by molar-refractivity contribution is -0.132. The van der Waals surface area contributed by atoms with Crippen molar-refractivity contribution in [2.75, 3.05) is 61.3 Å². The molecular formula is C36H50N6O2. The highest BCUT2D eigenvalue weighted by molar-refractivity contribution is 6.01. The summed E-state index contributed by atoms with van der Waals surface area (Å²) in [4.78, 5) is 40.3. The van der Waals surface area contributed by atoms with Gasteiger partial charge in [0.05, 0.1) is 6.54 Å².